The van der Waals surface area contributed by atoms with Gasteiger partial charge in [0.15, 0.2) is 0 Å². The molecule has 0 rings (SSSR count). The normalized spacial score (nSPS) is 8.11. The van der Waals surface area contributed by atoms with Gasteiger partial charge in [0.25, 0.3) is 0 Å². The molecule has 0 bridgehead atoms. The molecule has 9 heavy (non-hydrogen) atoms. The van der Waals surface area contributed by atoms with Gasteiger partial charge >= 0.3 is 5.97 Å². The summed E-state index contributed by atoms with van der Waals surface area (Å²) >= 11 is 0. The third-order valence-electron chi connectivity index (χ3n) is 0.994. The van der Waals surface area contributed by atoms with Gasteiger partial charge in [-0.2, -0.15) is 0 Å². The fourth-order valence-electron chi connectivity index (χ4n) is 0.526. The number of carbonyl (C=O) groups is 1. The second-order valence-corrected chi connectivity index (χ2v) is 1.85. The molecule has 0 aliphatic carbocycles. The Hall–Kier alpha value is 0.119. The Morgan fingerprint density at radius 1 is 1.44 bits per heavy atom. The number of carboxylic acid groups (broad SMARTS) is 1. The maximum absolute atomic E-state index is 9.87. The minimum Gasteiger partial charge on any atom is -0.481 e. The summed E-state index contributed by atoms with van der Waals surface area (Å²) in [5.74, 6) is -0.682. The van der Waals surface area contributed by atoms with Gasteiger partial charge in [0.2, 0.25) is 0 Å². The van der Waals surface area contributed by atoms with Crippen molar-refractivity contribution in [1.82, 2.24) is 0 Å². The van der Waals surface area contributed by atoms with Gasteiger partial charge in [-0.3, -0.25) is 4.79 Å². The van der Waals surface area contributed by atoms with Gasteiger partial charge in [-0.1, -0.05) is 19.8 Å². The predicted octanol–water partition coefficient (Wildman–Crippen LogP) is 1.65. The molecule has 0 amide bonds. The molecule has 0 aliphatic rings. The molecule has 0 spiro atoms. The maximum Gasteiger partial charge on any atom is 0.303 e. The SMILES string of the molecule is CCCCCC(=O)O.[Ir]. The van der Waals surface area contributed by atoms with Crippen molar-refractivity contribution >= 4 is 5.97 Å². The van der Waals surface area contributed by atoms with E-state index in [0.29, 0.717) is 6.42 Å². The predicted molar refractivity (Wildman–Crippen MR) is 31.8 cm³/mol. The van der Waals surface area contributed by atoms with Crippen LogP contribution < -0.4 is 0 Å². The number of rotatable bonds is 4. The van der Waals surface area contributed by atoms with Gasteiger partial charge < -0.3 is 5.11 Å². The van der Waals surface area contributed by atoms with E-state index in [9.17, 15) is 4.79 Å². The molecule has 1 radical (unpaired) electrons. The molecule has 0 aromatic rings. The molecule has 0 aliphatic heterocycles. The van der Waals surface area contributed by atoms with Gasteiger partial charge in [-0.05, 0) is 6.42 Å². The Morgan fingerprint density at radius 2 is 2.00 bits per heavy atom. The fourth-order valence-corrected chi connectivity index (χ4v) is 0.526. The number of carboxylic acids is 1. The second kappa shape index (κ2) is 8.12. The van der Waals surface area contributed by atoms with Crippen LogP contribution >= 0.6 is 0 Å². The van der Waals surface area contributed by atoms with Crippen molar-refractivity contribution in [2.75, 3.05) is 0 Å². The van der Waals surface area contributed by atoms with Crippen LogP contribution in [0.5, 0.6) is 0 Å². The standard InChI is InChI=1S/C6H12O2.Ir/c1-2-3-4-5-6(7)8;/h2-5H2,1H3,(H,7,8);. The first kappa shape index (κ1) is 11.9. The second-order valence-electron chi connectivity index (χ2n) is 1.85. The van der Waals surface area contributed by atoms with Gasteiger partial charge in [0.05, 0.1) is 0 Å². The van der Waals surface area contributed by atoms with Crippen LogP contribution in [0.3, 0.4) is 0 Å². The fraction of sp³-hybridized carbons (Fsp3) is 0.833. The van der Waals surface area contributed by atoms with Gasteiger partial charge in [-0.25, -0.2) is 0 Å². The molecule has 0 saturated carbocycles. The van der Waals surface area contributed by atoms with Crippen LogP contribution in [0.25, 0.3) is 0 Å². The summed E-state index contributed by atoms with van der Waals surface area (Å²) in [5.41, 5.74) is 0. The van der Waals surface area contributed by atoms with Crippen molar-refractivity contribution in [3.63, 3.8) is 0 Å². The Balaban J connectivity index is 0. The molecule has 57 valence electrons. The van der Waals surface area contributed by atoms with E-state index in [1.165, 1.54) is 0 Å². The Kier molecular flexibility index (Phi) is 10.7. The number of unbranched alkanes of at least 4 members (excludes halogenated alkanes) is 2. The van der Waals surface area contributed by atoms with Crippen LogP contribution in [0.1, 0.15) is 32.6 Å². The quantitative estimate of drug-likeness (QED) is 0.802. The first-order valence-electron chi connectivity index (χ1n) is 2.99. The molecule has 0 unspecified atom stereocenters. The average molecular weight is 308 g/mol. The Morgan fingerprint density at radius 3 is 2.33 bits per heavy atom. The van der Waals surface area contributed by atoms with Crippen LogP contribution in [0.15, 0.2) is 0 Å². The zero-order valence-electron chi connectivity index (χ0n) is 5.52. The molecular weight excluding hydrogens is 296 g/mol. The van der Waals surface area contributed by atoms with Gasteiger partial charge in [0, 0.05) is 26.5 Å². The molecule has 2 nitrogen and oxygen atoms in total. The largest absolute Gasteiger partial charge is 0.481 e. The molecule has 0 saturated heterocycles. The monoisotopic (exact) mass is 309 g/mol. The molecule has 0 atom stereocenters. The number of hydrogen-bond acceptors (Lipinski definition) is 1. The third kappa shape index (κ3) is 11.6. The van der Waals surface area contributed by atoms with Crippen LogP contribution in [-0.2, 0) is 24.9 Å². The summed E-state index contributed by atoms with van der Waals surface area (Å²) in [4.78, 5) is 9.87. The topological polar surface area (TPSA) is 37.3 Å². The molecule has 1 N–H and O–H groups in total. The minimum atomic E-state index is -0.682. The first-order chi connectivity index (χ1) is 3.77. The smallest absolute Gasteiger partial charge is 0.303 e. The molecular formula is C6H12IrO2. The van der Waals surface area contributed by atoms with Gasteiger partial charge in [0.1, 0.15) is 0 Å². The van der Waals surface area contributed by atoms with Crippen LogP contribution in [0, 0.1) is 0 Å². The maximum atomic E-state index is 9.87. The Labute approximate surface area is 69.0 Å². The number of aliphatic carboxylic acids is 1. The molecule has 0 heterocycles. The van der Waals surface area contributed by atoms with Crippen LogP contribution in [0.2, 0.25) is 0 Å². The van der Waals surface area contributed by atoms with Crippen molar-refractivity contribution in [3.05, 3.63) is 0 Å². The summed E-state index contributed by atoms with van der Waals surface area (Å²) in [6, 6.07) is 0. The minimum absolute atomic E-state index is 0. The summed E-state index contributed by atoms with van der Waals surface area (Å²) in [6.07, 6.45) is 3.28. The van der Waals surface area contributed by atoms with E-state index in [1.54, 1.807) is 0 Å². The molecule has 0 fully saturated rings. The molecule has 0 aromatic heterocycles. The van der Waals surface area contributed by atoms with Gasteiger partial charge in [-0.15, -0.1) is 0 Å². The van der Waals surface area contributed by atoms with E-state index >= 15 is 0 Å². The summed E-state index contributed by atoms with van der Waals surface area (Å²) in [7, 11) is 0. The number of hydrogen-bond donors (Lipinski definition) is 1. The average Bonchev–Trinajstić information content (AvgIpc) is 1.66. The molecule has 3 heteroatoms. The third-order valence-corrected chi connectivity index (χ3v) is 0.994. The summed E-state index contributed by atoms with van der Waals surface area (Å²) in [5, 5.41) is 8.14. The van der Waals surface area contributed by atoms with E-state index in [2.05, 4.69) is 6.92 Å². The van der Waals surface area contributed by atoms with Crippen molar-refractivity contribution in [2.45, 2.75) is 32.6 Å². The Bertz CT molecular complexity index is 73.5. The summed E-state index contributed by atoms with van der Waals surface area (Å²) in [6.45, 7) is 2.06. The van der Waals surface area contributed by atoms with Crippen molar-refractivity contribution < 1.29 is 30.0 Å². The van der Waals surface area contributed by atoms with E-state index in [-0.39, 0.29) is 20.1 Å². The van der Waals surface area contributed by atoms with Crippen LogP contribution in [0.4, 0.5) is 0 Å². The first-order valence-corrected chi connectivity index (χ1v) is 2.99. The van der Waals surface area contributed by atoms with Crippen molar-refractivity contribution in [1.29, 1.82) is 0 Å². The summed E-state index contributed by atoms with van der Waals surface area (Å²) < 4.78 is 0. The van der Waals surface area contributed by atoms with E-state index in [1.807, 2.05) is 0 Å². The van der Waals surface area contributed by atoms with E-state index < -0.39 is 5.97 Å². The van der Waals surface area contributed by atoms with Crippen LogP contribution in [-0.4, -0.2) is 11.1 Å². The molecule has 0 aromatic carbocycles. The van der Waals surface area contributed by atoms with Crippen molar-refractivity contribution in [2.24, 2.45) is 0 Å². The zero-order chi connectivity index (χ0) is 6.41. The van der Waals surface area contributed by atoms with E-state index in [0.717, 1.165) is 19.3 Å². The van der Waals surface area contributed by atoms with E-state index in [4.69, 9.17) is 5.11 Å². The zero-order valence-corrected chi connectivity index (χ0v) is 7.91. The van der Waals surface area contributed by atoms with Crippen molar-refractivity contribution in [3.8, 4) is 0 Å².